The van der Waals surface area contributed by atoms with Crippen molar-refractivity contribution in [1.82, 2.24) is 4.90 Å². The Hall–Kier alpha value is -1.56. The van der Waals surface area contributed by atoms with E-state index in [0.29, 0.717) is 18.6 Å². The van der Waals surface area contributed by atoms with Gasteiger partial charge in [-0.05, 0) is 37.1 Å². The van der Waals surface area contributed by atoms with Gasteiger partial charge in [0, 0.05) is 18.7 Å². The van der Waals surface area contributed by atoms with Crippen LogP contribution in [0.5, 0.6) is 5.75 Å². The molecule has 116 valence electrons. The SMILES string of the molecule is CCCOc1ccc(C(=O)N(C)[C@H]2CCS(=O)(=O)C2)cc1. The Morgan fingerprint density at radius 2 is 2.00 bits per heavy atom. The fraction of sp³-hybridized carbons (Fsp3) is 0.533. The Morgan fingerprint density at radius 3 is 2.52 bits per heavy atom. The van der Waals surface area contributed by atoms with Gasteiger partial charge in [-0.25, -0.2) is 8.42 Å². The number of sulfone groups is 1. The van der Waals surface area contributed by atoms with E-state index < -0.39 is 9.84 Å². The van der Waals surface area contributed by atoms with Crippen molar-refractivity contribution in [2.24, 2.45) is 0 Å². The van der Waals surface area contributed by atoms with Crippen LogP contribution in [0.4, 0.5) is 0 Å². The van der Waals surface area contributed by atoms with Crippen LogP contribution in [0, 0.1) is 0 Å². The van der Waals surface area contributed by atoms with Gasteiger partial charge in [0.05, 0.1) is 18.1 Å². The lowest BCUT2D eigenvalue weighted by atomic mass is 10.1. The maximum absolute atomic E-state index is 12.4. The molecule has 0 aliphatic carbocycles. The van der Waals surface area contributed by atoms with Crippen molar-refractivity contribution in [3.05, 3.63) is 29.8 Å². The number of hydrogen-bond donors (Lipinski definition) is 0. The second kappa shape index (κ2) is 6.47. The van der Waals surface area contributed by atoms with Crippen LogP contribution in [-0.4, -0.2) is 50.4 Å². The highest BCUT2D eigenvalue weighted by Gasteiger charge is 2.32. The molecule has 0 bridgehead atoms. The Labute approximate surface area is 125 Å². The normalized spacial score (nSPS) is 20.2. The van der Waals surface area contributed by atoms with E-state index in [9.17, 15) is 13.2 Å². The van der Waals surface area contributed by atoms with Crippen molar-refractivity contribution in [3.63, 3.8) is 0 Å². The van der Waals surface area contributed by atoms with E-state index >= 15 is 0 Å². The zero-order chi connectivity index (χ0) is 15.5. The van der Waals surface area contributed by atoms with Gasteiger partial charge in [-0.3, -0.25) is 4.79 Å². The zero-order valence-electron chi connectivity index (χ0n) is 12.4. The molecule has 2 rings (SSSR count). The number of amides is 1. The molecule has 0 N–H and O–H groups in total. The summed E-state index contributed by atoms with van der Waals surface area (Å²) >= 11 is 0. The van der Waals surface area contributed by atoms with E-state index in [1.807, 2.05) is 6.92 Å². The van der Waals surface area contributed by atoms with E-state index in [2.05, 4.69) is 0 Å². The number of carbonyl (C=O) groups is 1. The van der Waals surface area contributed by atoms with E-state index in [1.165, 1.54) is 4.90 Å². The molecule has 0 aromatic heterocycles. The fourth-order valence-corrected chi connectivity index (χ4v) is 4.14. The summed E-state index contributed by atoms with van der Waals surface area (Å²) in [6.45, 7) is 2.68. The number of rotatable bonds is 5. The van der Waals surface area contributed by atoms with E-state index in [1.54, 1.807) is 31.3 Å². The maximum Gasteiger partial charge on any atom is 0.253 e. The highest BCUT2D eigenvalue weighted by atomic mass is 32.2. The quantitative estimate of drug-likeness (QED) is 0.831. The summed E-state index contributed by atoms with van der Waals surface area (Å²) in [4.78, 5) is 13.9. The first-order valence-corrected chi connectivity index (χ1v) is 8.95. The molecule has 21 heavy (non-hydrogen) atoms. The predicted molar refractivity (Wildman–Crippen MR) is 81.4 cm³/mol. The molecule has 0 radical (unpaired) electrons. The van der Waals surface area contributed by atoms with E-state index in [4.69, 9.17) is 4.74 Å². The number of carbonyl (C=O) groups excluding carboxylic acids is 1. The summed E-state index contributed by atoms with van der Waals surface area (Å²) in [6.07, 6.45) is 1.45. The molecule has 1 aliphatic rings. The first-order chi connectivity index (χ1) is 9.93. The molecular formula is C15H21NO4S. The topological polar surface area (TPSA) is 63.7 Å². The molecular weight excluding hydrogens is 290 g/mol. The summed E-state index contributed by atoms with van der Waals surface area (Å²) in [5.74, 6) is 0.810. The van der Waals surface area contributed by atoms with Crippen LogP contribution in [0.3, 0.4) is 0 Å². The molecule has 1 amide bonds. The molecule has 1 fully saturated rings. The first-order valence-electron chi connectivity index (χ1n) is 7.13. The molecule has 1 aromatic rings. The molecule has 5 nitrogen and oxygen atoms in total. The van der Waals surface area contributed by atoms with Gasteiger partial charge < -0.3 is 9.64 Å². The molecule has 0 saturated carbocycles. The van der Waals surface area contributed by atoms with Gasteiger partial charge in [0.15, 0.2) is 9.84 Å². The van der Waals surface area contributed by atoms with Crippen LogP contribution < -0.4 is 4.74 Å². The van der Waals surface area contributed by atoms with Crippen molar-refractivity contribution < 1.29 is 17.9 Å². The largest absolute Gasteiger partial charge is 0.494 e. The Kier molecular flexibility index (Phi) is 4.88. The van der Waals surface area contributed by atoms with Crippen molar-refractivity contribution in [3.8, 4) is 5.75 Å². The summed E-state index contributed by atoms with van der Waals surface area (Å²) in [6, 6.07) is 6.74. The van der Waals surface area contributed by atoms with Crippen molar-refractivity contribution in [1.29, 1.82) is 0 Å². The molecule has 1 atom stereocenters. The highest BCUT2D eigenvalue weighted by Crippen LogP contribution is 2.20. The molecule has 1 aliphatic heterocycles. The third-order valence-corrected chi connectivity index (χ3v) is 5.40. The highest BCUT2D eigenvalue weighted by molar-refractivity contribution is 7.91. The Morgan fingerprint density at radius 1 is 1.33 bits per heavy atom. The summed E-state index contributed by atoms with van der Waals surface area (Å²) < 4.78 is 28.5. The van der Waals surface area contributed by atoms with Gasteiger partial charge in [0.25, 0.3) is 5.91 Å². The van der Waals surface area contributed by atoms with Crippen LogP contribution in [0.2, 0.25) is 0 Å². The minimum absolute atomic E-state index is 0.0624. The van der Waals surface area contributed by atoms with Gasteiger partial charge in [-0.1, -0.05) is 6.92 Å². The number of hydrogen-bond acceptors (Lipinski definition) is 4. The average molecular weight is 311 g/mol. The van der Waals surface area contributed by atoms with Gasteiger partial charge in [0.1, 0.15) is 5.75 Å². The second-order valence-electron chi connectivity index (χ2n) is 5.35. The van der Waals surface area contributed by atoms with Crippen molar-refractivity contribution >= 4 is 15.7 Å². The maximum atomic E-state index is 12.4. The first kappa shape index (κ1) is 15.8. The van der Waals surface area contributed by atoms with Crippen molar-refractivity contribution in [2.75, 3.05) is 25.2 Å². The third kappa shape index (κ3) is 3.97. The molecule has 1 saturated heterocycles. The summed E-state index contributed by atoms with van der Waals surface area (Å²) in [7, 11) is -1.33. The standard InChI is InChI=1S/C15H21NO4S/c1-3-9-20-14-6-4-12(5-7-14)15(17)16(2)13-8-10-21(18,19)11-13/h4-7,13H,3,8-11H2,1-2H3/t13-/m0/s1. The molecule has 1 heterocycles. The van der Waals surface area contributed by atoms with Crippen LogP contribution in [0.15, 0.2) is 24.3 Å². The minimum Gasteiger partial charge on any atom is -0.494 e. The third-order valence-electron chi connectivity index (χ3n) is 3.65. The van der Waals surface area contributed by atoms with E-state index in [-0.39, 0.29) is 23.5 Å². The molecule has 1 aromatic carbocycles. The lowest BCUT2D eigenvalue weighted by Crippen LogP contribution is -2.37. The Balaban J connectivity index is 2.02. The van der Waals surface area contributed by atoms with Crippen LogP contribution in [-0.2, 0) is 9.84 Å². The Bertz CT molecular complexity index is 595. The smallest absolute Gasteiger partial charge is 0.253 e. The van der Waals surface area contributed by atoms with Gasteiger partial charge in [-0.2, -0.15) is 0 Å². The number of nitrogens with zero attached hydrogens (tertiary/aromatic N) is 1. The molecule has 6 heteroatoms. The second-order valence-corrected chi connectivity index (χ2v) is 7.57. The predicted octanol–water partition coefficient (Wildman–Crippen LogP) is 1.73. The zero-order valence-corrected chi connectivity index (χ0v) is 13.2. The molecule has 0 unspecified atom stereocenters. The monoisotopic (exact) mass is 311 g/mol. The summed E-state index contributed by atoms with van der Waals surface area (Å²) in [5.41, 5.74) is 0.547. The summed E-state index contributed by atoms with van der Waals surface area (Å²) in [5, 5.41) is 0. The van der Waals surface area contributed by atoms with Crippen LogP contribution in [0.1, 0.15) is 30.1 Å². The average Bonchev–Trinajstić information content (AvgIpc) is 2.84. The van der Waals surface area contributed by atoms with E-state index in [0.717, 1.165) is 12.2 Å². The van der Waals surface area contributed by atoms with Gasteiger partial charge in [-0.15, -0.1) is 0 Å². The van der Waals surface area contributed by atoms with Gasteiger partial charge in [0.2, 0.25) is 0 Å². The van der Waals surface area contributed by atoms with Crippen LogP contribution >= 0.6 is 0 Å². The number of ether oxygens (including phenoxy) is 1. The van der Waals surface area contributed by atoms with Crippen molar-refractivity contribution in [2.45, 2.75) is 25.8 Å². The number of benzene rings is 1. The molecule has 0 spiro atoms. The lowest BCUT2D eigenvalue weighted by Gasteiger charge is -2.23. The minimum atomic E-state index is -2.99. The lowest BCUT2D eigenvalue weighted by molar-refractivity contribution is 0.0747. The van der Waals surface area contributed by atoms with Crippen LogP contribution in [0.25, 0.3) is 0 Å². The fourth-order valence-electron chi connectivity index (χ4n) is 2.36. The van der Waals surface area contributed by atoms with Gasteiger partial charge >= 0.3 is 0 Å².